The number of nitrogens with zero attached hydrogens (tertiary/aromatic N) is 4. The Morgan fingerprint density at radius 2 is 1.71 bits per heavy atom. The normalized spacial score (nSPS) is 11.2. The van der Waals surface area contributed by atoms with Crippen molar-refractivity contribution in [3.05, 3.63) is 77.4 Å². The minimum absolute atomic E-state index is 0.509. The summed E-state index contributed by atoms with van der Waals surface area (Å²) in [6.07, 6.45) is 1.55. The van der Waals surface area contributed by atoms with Gasteiger partial charge in [-0.15, -0.1) is 11.3 Å². The van der Waals surface area contributed by atoms with E-state index in [4.69, 9.17) is 22.4 Å². The van der Waals surface area contributed by atoms with Crippen LogP contribution in [0.4, 0.5) is 5.82 Å². The van der Waals surface area contributed by atoms with Gasteiger partial charge < -0.3 is 5.73 Å². The SMILES string of the molecule is Nc1cc(-c2ccc(Cl)cc2)nn1-c1ncnc2scc(-c3ccccc3)c12. The van der Waals surface area contributed by atoms with Crippen LogP contribution in [0.15, 0.2) is 72.4 Å². The van der Waals surface area contributed by atoms with Crippen LogP contribution in [-0.4, -0.2) is 19.7 Å². The van der Waals surface area contributed by atoms with E-state index in [1.807, 2.05) is 48.5 Å². The van der Waals surface area contributed by atoms with E-state index in [0.717, 1.165) is 32.6 Å². The van der Waals surface area contributed by atoms with E-state index in [1.54, 1.807) is 22.3 Å². The molecular weight excluding hydrogens is 390 g/mol. The lowest BCUT2D eigenvalue weighted by molar-refractivity contribution is 0.865. The number of benzene rings is 2. The molecule has 3 aromatic heterocycles. The molecule has 136 valence electrons. The molecule has 0 unspecified atom stereocenters. The third-order valence-corrected chi connectivity index (χ3v) is 5.65. The molecule has 0 fully saturated rings. The van der Waals surface area contributed by atoms with Gasteiger partial charge in [-0.25, -0.2) is 9.97 Å². The first-order valence-corrected chi connectivity index (χ1v) is 9.86. The molecule has 0 radical (unpaired) electrons. The highest BCUT2D eigenvalue weighted by atomic mass is 35.5. The Morgan fingerprint density at radius 1 is 0.929 bits per heavy atom. The smallest absolute Gasteiger partial charge is 0.168 e. The van der Waals surface area contributed by atoms with Gasteiger partial charge in [0.25, 0.3) is 0 Å². The summed E-state index contributed by atoms with van der Waals surface area (Å²) >= 11 is 7.57. The Bertz CT molecular complexity index is 1280. The maximum absolute atomic E-state index is 6.31. The Labute approximate surface area is 170 Å². The Kier molecular flexibility index (Phi) is 4.07. The summed E-state index contributed by atoms with van der Waals surface area (Å²) in [5, 5.41) is 8.42. The zero-order valence-electron chi connectivity index (χ0n) is 14.6. The second-order valence-corrected chi connectivity index (χ2v) is 7.56. The van der Waals surface area contributed by atoms with Gasteiger partial charge in [0.05, 0.1) is 11.1 Å². The monoisotopic (exact) mass is 403 g/mol. The number of hydrogen-bond donors (Lipinski definition) is 1. The molecule has 0 bridgehead atoms. The van der Waals surface area contributed by atoms with E-state index >= 15 is 0 Å². The highest BCUT2D eigenvalue weighted by Gasteiger charge is 2.17. The highest BCUT2D eigenvalue weighted by Crippen LogP contribution is 2.36. The van der Waals surface area contributed by atoms with Gasteiger partial charge in [-0.05, 0) is 17.7 Å². The van der Waals surface area contributed by atoms with E-state index in [-0.39, 0.29) is 0 Å². The number of fused-ring (bicyclic) bond motifs is 1. The molecule has 2 N–H and O–H groups in total. The zero-order valence-corrected chi connectivity index (χ0v) is 16.2. The molecule has 5 nitrogen and oxygen atoms in total. The molecule has 0 atom stereocenters. The summed E-state index contributed by atoms with van der Waals surface area (Å²) < 4.78 is 1.67. The lowest BCUT2D eigenvalue weighted by atomic mass is 10.1. The number of halogens is 1. The fraction of sp³-hybridized carbons (Fsp3) is 0. The molecule has 3 heterocycles. The van der Waals surface area contributed by atoms with Gasteiger partial charge in [0, 0.05) is 27.6 Å². The summed E-state index contributed by atoms with van der Waals surface area (Å²) in [6.45, 7) is 0. The molecule has 0 aliphatic rings. The summed E-state index contributed by atoms with van der Waals surface area (Å²) in [5.74, 6) is 1.18. The highest BCUT2D eigenvalue weighted by molar-refractivity contribution is 7.17. The summed E-state index contributed by atoms with van der Waals surface area (Å²) in [5.41, 5.74) is 10.2. The maximum atomic E-state index is 6.31. The minimum atomic E-state index is 0.509. The molecule has 5 rings (SSSR count). The molecule has 0 saturated carbocycles. The van der Waals surface area contributed by atoms with Gasteiger partial charge in [0.2, 0.25) is 0 Å². The van der Waals surface area contributed by atoms with Crippen LogP contribution in [0.1, 0.15) is 0 Å². The average Bonchev–Trinajstić information content (AvgIpc) is 3.33. The van der Waals surface area contributed by atoms with E-state index in [9.17, 15) is 0 Å². The lowest BCUT2D eigenvalue weighted by Gasteiger charge is -2.07. The van der Waals surface area contributed by atoms with E-state index < -0.39 is 0 Å². The molecule has 0 aliphatic carbocycles. The maximum Gasteiger partial charge on any atom is 0.168 e. The number of aromatic nitrogens is 4. The molecule has 0 aliphatic heterocycles. The first-order chi connectivity index (χ1) is 13.7. The van der Waals surface area contributed by atoms with E-state index in [0.29, 0.717) is 16.7 Å². The molecule has 0 amide bonds. The van der Waals surface area contributed by atoms with Gasteiger partial charge >= 0.3 is 0 Å². The van der Waals surface area contributed by atoms with Gasteiger partial charge in [-0.2, -0.15) is 9.78 Å². The fourth-order valence-electron chi connectivity index (χ4n) is 3.18. The fourth-order valence-corrected chi connectivity index (χ4v) is 4.21. The standard InChI is InChI=1S/C21H14ClN5S/c22-15-8-6-14(7-9-15)17-10-18(23)27(26-17)20-19-16(13-4-2-1-3-5-13)11-28-21(19)25-12-24-20/h1-12H,23H2. The van der Waals surface area contributed by atoms with Crippen LogP contribution < -0.4 is 5.73 Å². The van der Waals surface area contributed by atoms with Gasteiger partial charge in [0.15, 0.2) is 5.82 Å². The molecule has 0 saturated heterocycles. The predicted octanol–water partition coefficient (Wildman–Crippen LogP) is 5.45. The van der Waals surface area contributed by atoms with E-state index in [2.05, 4.69) is 27.5 Å². The van der Waals surface area contributed by atoms with Gasteiger partial charge in [-0.3, -0.25) is 0 Å². The Balaban J connectivity index is 1.70. The second kappa shape index (κ2) is 6.74. The summed E-state index contributed by atoms with van der Waals surface area (Å²) in [4.78, 5) is 9.84. The quantitative estimate of drug-likeness (QED) is 0.435. The molecule has 0 spiro atoms. The summed E-state index contributed by atoms with van der Waals surface area (Å²) in [7, 11) is 0. The van der Waals surface area contributed by atoms with Crippen molar-refractivity contribution in [1.82, 2.24) is 19.7 Å². The van der Waals surface area contributed by atoms with Crippen LogP contribution in [0, 0.1) is 0 Å². The number of nitrogen functional groups attached to an aromatic ring is 1. The lowest BCUT2D eigenvalue weighted by Crippen LogP contribution is -2.05. The molecule has 7 heteroatoms. The van der Waals surface area contributed by atoms with Gasteiger partial charge in [-0.1, -0.05) is 54.1 Å². The van der Waals surface area contributed by atoms with Crippen molar-refractivity contribution in [2.24, 2.45) is 0 Å². The number of nitrogens with two attached hydrogens (primary N) is 1. The Morgan fingerprint density at radius 3 is 2.50 bits per heavy atom. The molecule has 5 aromatic rings. The van der Waals surface area contributed by atoms with E-state index in [1.165, 1.54) is 0 Å². The number of hydrogen-bond acceptors (Lipinski definition) is 5. The van der Waals surface area contributed by atoms with Crippen LogP contribution in [0.2, 0.25) is 5.02 Å². The largest absolute Gasteiger partial charge is 0.384 e. The first kappa shape index (κ1) is 16.9. The molecule has 28 heavy (non-hydrogen) atoms. The average molecular weight is 404 g/mol. The van der Waals surface area contributed by atoms with Crippen molar-refractivity contribution in [3.63, 3.8) is 0 Å². The van der Waals surface area contributed by atoms with Crippen LogP contribution in [0.3, 0.4) is 0 Å². The number of rotatable bonds is 3. The molecular formula is C21H14ClN5S. The van der Waals surface area contributed by atoms with Crippen LogP contribution in [-0.2, 0) is 0 Å². The van der Waals surface area contributed by atoms with Gasteiger partial charge in [0.1, 0.15) is 17.0 Å². The summed E-state index contributed by atoms with van der Waals surface area (Å²) in [6, 6.07) is 19.5. The predicted molar refractivity (Wildman–Crippen MR) is 115 cm³/mol. The second-order valence-electron chi connectivity index (χ2n) is 6.27. The van der Waals surface area contributed by atoms with Crippen LogP contribution >= 0.6 is 22.9 Å². The zero-order chi connectivity index (χ0) is 19.1. The van der Waals surface area contributed by atoms with Crippen molar-refractivity contribution >= 4 is 39.0 Å². The van der Waals surface area contributed by atoms with Crippen LogP contribution in [0.25, 0.3) is 38.4 Å². The van der Waals surface area contributed by atoms with Crippen molar-refractivity contribution in [3.8, 4) is 28.2 Å². The number of anilines is 1. The van der Waals surface area contributed by atoms with Crippen molar-refractivity contribution < 1.29 is 0 Å². The topological polar surface area (TPSA) is 69.6 Å². The van der Waals surface area contributed by atoms with Crippen molar-refractivity contribution in [2.45, 2.75) is 0 Å². The minimum Gasteiger partial charge on any atom is -0.384 e. The first-order valence-electron chi connectivity index (χ1n) is 8.60. The third-order valence-electron chi connectivity index (χ3n) is 4.51. The Hall–Kier alpha value is -3.22. The number of thiophene rings is 1. The molecule has 2 aromatic carbocycles. The third kappa shape index (κ3) is 2.83. The van der Waals surface area contributed by atoms with Crippen molar-refractivity contribution in [2.75, 3.05) is 5.73 Å². The van der Waals surface area contributed by atoms with Crippen molar-refractivity contribution in [1.29, 1.82) is 0 Å². The van der Waals surface area contributed by atoms with Crippen LogP contribution in [0.5, 0.6) is 0 Å².